The molecule has 3 nitrogen and oxygen atoms in total. The highest BCUT2D eigenvalue weighted by atomic mass is 19.3. The molecule has 5 heteroatoms. The minimum atomic E-state index is -2.88. The highest BCUT2D eigenvalue weighted by molar-refractivity contribution is 5.43. The smallest absolute Gasteiger partial charge is 0.387 e. The van der Waals surface area contributed by atoms with Gasteiger partial charge in [0.1, 0.15) is 0 Å². The molecular formula is C12H13F2NO2. The molecule has 1 aromatic rings. The van der Waals surface area contributed by atoms with Crippen LogP contribution in [0.1, 0.15) is 18.9 Å². The van der Waals surface area contributed by atoms with Gasteiger partial charge in [0, 0.05) is 6.42 Å². The van der Waals surface area contributed by atoms with Crippen molar-refractivity contribution in [1.29, 1.82) is 5.26 Å². The van der Waals surface area contributed by atoms with Gasteiger partial charge in [0.15, 0.2) is 11.5 Å². The molecule has 0 atom stereocenters. The Morgan fingerprint density at radius 2 is 2.12 bits per heavy atom. The Bertz CT molecular complexity index is 402. The summed E-state index contributed by atoms with van der Waals surface area (Å²) >= 11 is 0. The van der Waals surface area contributed by atoms with E-state index in [4.69, 9.17) is 10.00 Å². The Kier molecular flexibility index (Phi) is 5.21. The van der Waals surface area contributed by atoms with E-state index in [2.05, 4.69) is 4.74 Å². The molecule has 1 rings (SSSR count). The molecule has 0 radical (unpaired) electrons. The normalized spacial score (nSPS) is 10.1. The lowest BCUT2D eigenvalue weighted by Gasteiger charge is -2.12. The lowest BCUT2D eigenvalue weighted by atomic mass is 10.1. The van der Waals surface area contributed by atoms with Gasteiger partial charge in [-0.3, -0.25) is 0 Å². The SMILES string of the molecule is CCOc1cc(CCC#N)ccc1OC(F)F. The summed E-state index contributed by atoms with van der Waals surface area (Å²) in [5.41, 5.74) is 0.858. The van der Waals surface area contributed by atoms with Gasteiger partial charge in [-0.15, -0.1) is 0 Å². The first-order valence-electron chi connectivity index (χ1n) is 5.24. The molecule has 0 N–H and O–H groups in total. The summed E-state index contributed by atoms with van der Waals surface area (Å²) in [7, 11) is 0. The lowest BCUT2D eigenvalue weighted by Crippen LogP contribution is -2.05. The molecule has 0 amide bonds. The molecular weight excluding hydrogens is 228 g/mol. The van der Waals surface area contributed by atoms with Crippen LogP contribution < -0.4 is 9.47 Å². The monoisotopic (exact) mass is 241 g/mol. The topological polar surface area (TPSA) is 42.2 Å². The maximum absolute atomic E-state index is 12.1. The highest BCUT2D eigenvalue weighted by Gasteiger charge is 2.11. The van der Waals surface area contributed by atoms with Crippen molar-refractivity contribution in [3.05, 3.63) is 23.8 Å². The van der Waals surface area contributed by atoms with Crippen molar-refractivity contribution in [3.63, 3.8) is 0 Å². The van der Waals surface area contributed by atoms with Crippen LogP contribution in [0.2, 0.25) is 0 Å². The fraction of sp³-hybridized carbons (Fsp3) is 0.417. The molecule has 0 bridgehead atoms. The van der Waals surface area contributed by atoms with Gasteiger partial charge in [0.2, 0.25) is 0 Å². The number of nitrogens with zero attached hydrogens (tertiary/aromatic N) is 1. The average molecular weight is 241 g/mol. The largest absolute Gasteiger partial charge is 0.490 e. The minimum absolute atomic E-state index is 0.0163. The molecule has 0 fully saturated rings. The molecule has 1 aromatic carbocycles. The standard InChI is InChI=1S/C12H13F2NO2/c1-2-16-11-8-9(4-3-7-15)5-6-10(11)17-12(13)14/h5-6,8,12H,2-4H2,1H3. The van der Waals surface area contributed by atoms with Gasteiger partial charge in [-0.1, -0.05) is 6.07 Å². The molecule has 0 saturated carbocycles. The number of aryl methyl sites for hydroxylation is 1. The first-order chi connectivity index (χ1) is 8.17. The lowest BCUT2D eigenvalue weighted by molar-refractivity contribution is -0.0514. The summed E-state index contributed by atoms with van der Waals surface area (Å²) in [6.07, 6.45) is 0.937. The third-order valence-corrected chi connectivity index (χ3v) is 2.05. The first-order valence-corrected chi connectivity index (χ1v) is 5.24. The quantitative estimate of drug-likeness (QED) is 0.768. The van der Waals surface area contributed by atoms with Crippen LogP contribution in [0, 0.1) is 11.3 Å². The van der Waals surface area contributed by atoms with Gasteiger partial charge >= 0.3 is 6.61 Å². The van der Waals surface area contributed by atoms with E-state index in [1.54, 1.807) is 19.1 Å². The Labute approximate surface area is 98.6 Å². The number of rotatable bonds is 6. The van der Waals surface area contributed by atoms with E-state index in [-0.39, 0.29) is 11.5 Å². The van der Waals surface area contributed by atoms with Crippen molar-refractivity contribution in [2.45, 2.75) is 26.4 Å². The number of halogens is 2. The minimum Gasteiger partial charge on any atom is -0.490 e. The number of hydrogen-bond acceptors (Lipinski definition) is 3. The number of benzene rings is 1. The molecule has 92 valence electrons. The van der Waals surface area contributed by atoms with E-state index >= 15 is 0 Å². The Balaban J connectivity index is 2.87. The zero-order chi connectivity index (χ0) is 12.7. The van der Waals surface area contributed by atoms with Crippen molar-refractivity contribution in [3.8, 4) is 17.6 Å². The van der Waals surface area contributed by atoms with Gasteiger partial charge < -0.3 is 9.47 Å². The molecule has 0 heterocycles. The second-order valence-electron chi connectivity index (χ2n) is 3.25. The second-order valence-corrected chi connectivity index (χ2v) is 3.25. The third kappa shape index (κ3) is 4.27. The van der Waals surface area contributed by atoms with E-state index in [9.17, 15) is 8.78 Å². The van der Waals surface area contributed by atoms with Gasteiger partial charge in [-0.25, -0.2) is 0 Å². The Hall–Kier alpha value is -1.83. The highest BCUT2D eigenvalue weighted by Crippen LogP contribution is 2.30. The van der Waals surface area contributed by atoms with Gasteiger partial charge in [0.05, 0.1) is 12.7 Å². The van der Waals surface area contributed by atoms with Crippen LogP contribution in [-0.4, -0.2) is 13.2 Å². The van der Waals surface area contributed by atoms with Crippen molar-refractivity contribution in [2.24, 2.45) is 0 Å². The molecule has 0 aliphatic heterocycles. The van der Waals surface area contributed by atoms with E-state index in [0.29, 0.717) is 19.4 Å². The molecule has 0 aliphatic rings. The van der Waals surface area contributed by atoms with Crippen LogP contribution in [0.5, 0.6) is 11.5 Å². The van der Waals surface area contributed by atoms with Crippen molar-refractivity contribution in [1.82, 2.24) is 0 Å². The van der Waals surface area contributed by atoms with Crippen molar-refractivity contribution in [2.75, 3.05) is 6.61 Å². The molecule has 0 saturated heterocycles. The van der Waals surface area contributed by atoms with E-state index in [1.165, 1.54) is 6.07 Å². The predicted molar refractivity (Wildman–Crippen MR) is 58.2 cm³/mol. The summed E-state index contributed by atoms with van der Waals surface area (Å²) in [5, 5.41) is 8.47. The van der Waals surface area contributed by atoms with Crippen LogP contribution in [0.4, 0.5) is 8.78 Å². The Morgan fingerprint density at radius 1 is 1.35 bits per heavy atom. The van der Waals surface area contributed by atoms with Gasteiger partial charge in [-0.05, 0) is 31.0 Å². The number of alkyl halides is 2. The van der Waals surface area contributed by atoms with Crippen LogP contribution in [-0.2, 0) is 6.42 Å². The first kappa shape index (κ1) is 13.2. The average Bonchev–Trinajstić information content (AvgIpc) is 2.29. The van der Waals surface area contributed by atoms with Crippen LogP contribution in [0.3, 0.4) is 0 Å². The zero-order valence-electron chi connectivity index (χ0n) is 9.45. The van der Waals surface area contributed by atoms with Crippen LogP contribution in [0.25, 0.3) is 0 Å². The summed E-state index contributed by atoms with van der Waals surface area (Å²) in [6.45, 7) is -0.755. The third-order valence-electron chi connectivity index (χ3n) is 2.05. The fourth-order valence-electron chi connectivity index (χ4n) is 1.37. The molecule has 0 aromatic heterocycles. The zero-order valence-corrected chi connectivity index (χ0v) is 9.45. The van der Waals surface area contributed by atoms with E-state index in [0.717, 1.165) is 5.56 Å². The van der Waals surface area contributed by atoms with E-state index < -0.39 is 6.61 Å². The van der Waals surface area contributed by atoms with Gasteiger partial charge in [-0.2, -0.15) is 14.0 Å². The predicted octanol–water partition coefficient (Wildman–Crippen LogP) is 3.14. The van der Waals surface area contributed by atoms with Gasteiger partial charge in [0.25, 0.3) is 0 Å². The summed E-state index contributed by atoms with van der Waals surface area (Å²) in [6, 6.07) is 6.73. The second kappa shape index (κ2) is 6.69. The molecule has 17 heavy (non-hydrogen) atoms. The van der Waals surface area contributed by atoms with E-state index in [1.807, 2.05) is 6.07 Å². The molecule has 0 aliphatic carbocycles. The van der Waals surface area contributed by atoms with Crippen LogP contribution >= 0.6 is 0 Å². The summed E-state index contributed by atoms with van der Waals surface area (Å²) < 4.78 is 33.8. The summed E-state index contributed by atoms with van der Waals surface area (Å²) in [4.78, 5) is 0. The van der Waals surface area contributed by atoms with Crippen LogP contribution in [0.15, 0.2) is 18.2 Å². The molecule has 0 unspecified atom stereocenters. The van der Waals surface area contributed by atoms with Crippen molar-refractivity contribution < 1.29 is 18.3 Å². The fourth-order valence-corrected chi connectivity index (χ4v) is 1.37. The maximum atomic E-state index is 12.1. The number of hydrogen-bond donors (Lipinski definition) is 0. The number of nitriles is 1. The summed E-state index contributed by atoms with van der Waals surface area (Å²) in [5.74, 6) is 0.297. The Morgan fingerprint density at radius 3 is 2.71 bits per heavy atom. The maximum Gasteiger partial charge on any atom is 0.387 e. The molecule has 0 spiro atoms. The number of ether oxygens (including phenoxy) is 2. The van der Waals surface area contributed by atoms with Crippen molar-refractivity contribution >= 4 is 0 Å².